The van der Waals surface area contributed by atoms with Crippen molar-refractivity contribution in [1.82, 2.24) is 5.16 Å². The van der Waals surface area contributed by atoms with Gasteiger partial charge in [-0.15, -0.1) is 0 Å². The SMILES string of the molecule is O=C(Cc1cc(-c2ccccc2)no1)Nc1cc(C(F)(F)F)ccc1Cl. The van der Waals surface area contributed by atoms with Crippen LogP contribution in [0.1, 0.15) is 11.3 Å². The molecule has 26 heavy (non-hydrogen) atoms. The van der Waals surface area contributed by atoms with Crippen LogP contribution in [-0.4, -0.2) is 11.1 Å². The van der Waals surface area contributed by atoms with Crippen molar-refractivity contribution in [3.8, 4) is 11.3 Å². The van der Waals surface area contributed by atoms with E-state index in [4.69, 9.17) is 16.1 Å². The van der Waals surface area contributed by atoms with Gasteiger partial charge in [-0.3, -0.25) is 4.79 Å². The molecule has 0 unspecified atom stereocenters. The normalized spacial score (nSPS) is 11.4. The number of hydrogen-bond acceptors (Lipinski definition) is 3. The van der Waals surface area contributed by atoms with Crippen LogP contribution in [0.5, 0.6) is 0 Å². The quantitative estimate of drug-likeness (QED) is 0.677. The second kappa shape index (κ2) is 7.21. The van der Waals surface area contributed by atoms with Gasteiger partial charge in [-0.25, -0.2) is 0 Å². The zero-order chi connectivity index (χ0) is 18.7. The molecular formula is C18H12ClF3N2O2. The minimum absolute atomic E-state index is 0.00824. The lowest BCUT2D eigenvalue weighted by Crippen LogP contribution is -2.15. The summed E-state index contributed by atoms with van der Waals surface area (Å²) in [5.74, 6) is -0.286. The van der Waals surface area contributed by atoms with E-state index >= 15 is 0 Å². The summed E-state index contributed by atoms with van der Waals surface area (Å²) in [6.07, 6.45) is -4.72. The van der Waals surface area contributed by atoms with Gasteiger partial charge in [0, 0.05) is 11.6 Å². The van der Waals surface area contributed by atoms with E-state index in [1.165, 1.54) is 0 Å². The summed E-state index contributed by atoms with van der Waals surface area (Å²) in [6.45, 7) is 0. The van der Waals surface area contributed by atoms with Gasteiger partial charge in [0.1, 0.15) is 11.5 Å². The molecule has 1 N–H and O–H groups in total. The molecule has 0 bridgehead atoms. The first kappa shape index (κ1) is 18.0. The summed E-state index contributed by atoms with van der Waals surface area (Å²) < 4.78 is 43.4. The van der Waals surface area contributed by atoms with E-state index in [9.17, 15) is 18.0 Å². The number of nitrogens with one attached hydrogen (secondary N) is 1. The second-order valence-corrected chi connectivity index (χ2v) is 5.87. The van der Waals surface area contributed by atoms with Gasteiger partial charge in [-0.1, -0.05) is 47.1 Å². The number of carbonyl (C=O) groups is 1. The Hall–Kier alpha value is -2.80. The summed E-state index contributed by atoms with van der Waals surface area (Å²) in [7, 11) is 0. The van der Waals surface area contributed by atoms with Crippen molar-refractivity contribution >= 4 is 23.2 Å². The predicted molar refractivity (Wildman–Crippen MR) is 90.7 cm³/mol. The van der Waals surface area contributed by atoms with E-state index in [1.807, 2.05) is 30.3 Å². The number of halogens is 4. The van der Waals surface area contributed by atoms with Gasteiger partial charge in [0.2, 0.25) is 5.91 Å². The Morgan fingerprint density at radius 3 is 2.54 bits per heavy atom. The number of alkyl halides is 3. The monoisotopic (exact) mass is 380 g/mol. The fourth-order valence-corrected chi connectivity index (χ4v) is 2.46. The van der Waals surface area contributed by atoms with Crippen LogP contribution in [0.15, 0.2) is 59.1 Å². The van der Waals surface area contributed by atoms with E-state index in [0.29, 0.717) is 5.69 Å². The molecule has 3 rings (SSSR count). The lowest BCUT2D eigenvalue weighted by molar-refractivity contribution is -0.137. The van der Waals surface area contributed by atoms with Crippen LogP contribution in [0, 0.1) is 0 Å². The van der Waals surface area contributed by atoms with Crippen LogP contribution in [0.3, 0.4) is 0 Å². The lowest BCUT2D eigenvalue weighted by atomic mass is 10.1. The number of aromatic nitrogens is 1. The van der Waals surface area contributed by atoms with Crippen molar-refractivity contribution in [3.05, 3.63) is 70.9 Å². The molecule has 1 heterocycles. The highest BCUT2D eigenvalue weighted by molar-refractivity contribution is 6.33. The van der Waals surface area contributed by atoms with E-state index < -0.39 is 17.6 Å². The zero-order valence-electron chi connectivity index (χ0n) is 13.2. The van der Waals surface area contributed by atoms with E-state index in [1.54, 1.807) is 6.07 Å². The Morgan fingerprint density at radius 2 is 1.85 bits per heavy atom. The molecule has 0 aliphatic rings. The average molecular weight is 381 g/mol. The molecule has 0 aliphatic heterocycles. The van der Waals surface area contributed by atoms with Crippen LogP contribution in [0.25, 0.3) is 11.3 Å². The van der Waals surface area contributed by atoms with Crippen molar-refractivity contribution in [3.63, 3.8) is 0 Å². The van der Waals surface area contributed by atoms with Crippen molar-refractivity contribution in [1.29, 1.82) is 0 Å². The summed E-state index contributed by atoms with van der Waals surface area (Å²) in [5, 5.41) is 6.25. The minimum Gasteiger partial charge on any atom is -0.360 e. The van der Waals surface area contributed by atoms with Gasteiger partial charge >= 0.3 is 6.18 Å². The van der Waals surface area contributed by atoms with Crippen molar-refractivity contribution in [2.75, 3.05) is 5.32 Å². The summed E-state index contributed by atoms with van der Waals surface area (Å²) in [6, 6.07) is 13.5. The van der Waals surface area contributed by atoms with E-state index in [-0.39, 0.29) is 22.9 Å². The third-order valence-electron chi connectivity index (χ3n) is 3.53. The third kappa shape index (κ3) is 4.23. The fraction of sp³-hybridized carbons (Fsp3) is 0.111. The smallest absolute Gasteiger partial charge is 0.360 e. The molecule has 1 amide bonds. The first-order valence-electron chi connectivity index (χ1n) is 7.50. The van der Waals surface area contributed by atoms with Crippen LogP contribution in [0.4, 0.5) is 18.9 Å². The maximum absolute atomic E-state index is 12.8. The molecule has 3 aromatic rings. The zero-order valence-corrected chi connectivity index (χ0v) is 13.9. The molecular weight excluding hydrogens is 369 g/mol. The molecule has 0 aliphatic carbocycles. The minimum atomic E-state index is -4.53. The van der Waals surface area contributed by atoms with Crippen LogP contribution >= 0.6 is 11.6 Å². The largest absolute Gasteiger partial charge is 0.416 e. The van der Waals surface area contributed by atoms with Crippen molar-refractivity contribution in [2.24, 2.45) is 0 Å². The van der Waals surface area contributed by atoms with Crippen molar-refractivity contribution in [2.45, 2.75) is 12.6 Å². The Morgan fingerprint density at radius 1 is 1.12 bits per heavy atom. The molecule has 0 atom stereocenters. The van der Waals surface area contributed by atoms with Crippen LogP contribution < -0.4 is 5.32 Å². The molecule has 0 fully saturated rings. The number of amides is 1. The maximum Gasteiger partial charge on any atom is 0.416 e. The van der Waals surface area contributed by atoms with Gasteiger partial charge in [0.05, 0.1) is 22.7 Å². The highest BCUT2D eigenvalue weighted by atomic mass is 35.5. The Labute approximate surface area is 151 Å². The lowest BCUT2D eigenvalue weighted by Gasteiger charge is -2.11. The average Bonchev–Trinajstić information content (AvgIpc) is 3.05. The number of benzene rings is 2. The molecule has 2 aromatic carbocycles. The highest BCUT2D eigenvalue weighted by Gasteiger charge is 2.31. The maximum atomic E-state index is 12.8. The van der Waals surface area contributed by atoms with Gasteiger partial charge in [-0.05, 0) is 18.2 Å². The van der Waals surface area contributed by atoms with Gasteiger partial charge < -0.3 is 9.84 Å². The topological polar surface area (TPSA) is 55.1 Å². The number of carbonyl (C=O) groups excluding carboxylic acids is 1. The van der Waals surface area contributed by atoms with E-state index in [0.717, 1.165) is 23.8 Å². The third-order valence-corrected chi connectivity index (χ3v) is 3.86. The number of nitrogens with zero attached hydrogens (tertiary/aromatic N) is 1. The molecule has 0 spiro atoms. The first-order valence-corrected chi connectivity index (χ1v) is 7.88. The highest BCUT2D eigenvalue weighted by Crippen LogP contribution is 2.33. The molecule has 0 saturated heterocycles. The van der Waals surface area contributed by atoms with Crippen LogP contribution in [-0.2, 0) is 17.4 Å². The number of rotatable bonds is 4. The molecule has 1 aromatic heterocycles. The van der Waals surface area contributed by atoms with Gasteiger partial charge in [-0.2, -0.15) is 13.2 Å². The standard InChI is InChI=1S/C18H12ClF3N2O2/c19-14-7-6-12(18(20,21)22)8-16(14)23-17(25)10-13-9-15(24-26-13)11-4-2-1-3-5-11/h1-9H,10H2,(H,23,25). The first-order chi connectivity index (χ1) is 12.3. The predicted octanol–water partition coefficient (Wildman–Crippen LogP) is 5.20. The summed E-state index contributed by atoms with van der Waals surface area (Å²) in [5.41, 5.74) is 0.367. The van der Waals surface area contributed by atoms with Gasteiger partial charge in [0.15, 0.2) is 0 Å². The number of hydrogen-bond donors (Lipinski definition) is 1. The summed E-state index contributed by atoms with van der Waals surface area (Å²) in [4.78, 5) is 12.1. The molecule has 0 radical (unpaired) electrons. The fourth-order valence-electron chi connectivity index (χ4n) is 2.29. The summed E-state index contributed by atoms with van der Waals surface area (Å²) >= 11 is 5.86. The van der Waals surface area contributed by atoms with Gasteiger partial charge in [0.25, 0.3) is 0 Å². The molecule has 134 valence electrons. The second-order valence-electron chi connectivity index (χ2n) is 5.46. The number of anilines is 1. The Kier molecular flexibility index (Phi) is 4.99. The molecule has 4 nitrogen and oxygen atoms in total. The Balaban J connectivity index is 1.71. The molecule has 8 heteroatoms. The van der Waals surface area contributed by atoms with E-state index in [2.05, 4.69) is 10.5 Å². The van der Waals surface area contributed by atoms with Crippen molar-refractivity contribution < 1.29 is 22.5 Å². The Bertz CT molecular complexity index is 924. The molecule has 0 saturated carbocycles. The van der Waals surface area contributed by atoms with Crippen LogP contribution in [0.2, 0.25) is 5.02 Å².